The molecule has 0 aliphatic carbocycles. The normalized spacial score (nSPS) is 11.2. The second-order valence-electron chi connectivity index (χ2n) is 7.15. The number of H-pyrrole nitrogens is 1. The zero-order valence-corrected chi connectivity index (χ0v) is 16.1. The van der Waals surface area contributed by atoms with Crippen molar-refractivity contribution < 1.29 is 0 Å². The van der Waals surface area contributed by atoms with Gasteiger partial charge >= 0.3 is 5.69 Å². The van der Waals surface area contributed by atoms with E-state index in [0.717, 1.165) is 44.8 Å². The van der Waals surface area contributed by atoms with E-state index in [1.807, 2.05) is 68.0 Å². The standard InChI is InChI=1S/C23H19N5O/c1-15-4-3-5-19(10-15)28-21(14-27(2)23(28)29)20-12-16(6-8-24-20)18-11-17-7-9-25-22(17)26-13-18/h3-14H,1-2H3,(H,25,26). The van der Waals surface area contributed by atoms with E-state index in [9.17, 15) is 4.79 Å². The van der Waals surface area contributed by atoms with Gasteiger partial charge in [-0.1, -0.05) is 12.1 Å². The Hall–Kier alpha value is -3.93. The number of aryl methyl sites for hydroxylation is 2. The lowest BCUT2D eigenvalue weighted by molar-refractivity contribution is 0.824. The average Bonchev–Trinajstić information content (AvgIpc) is 3.32. The van der Waals surface area contributed by atoms with E-state index in [4.69, 9.17) is 0 Å². The molecule has 4 aromatic heterocycles. The van der Waals surface area contributed by atoms with Crippen molar-refractivity contribution in [1.82, 2.24) is 24.1 Å². The average molecular weight is 381 g/mol. The van der Waals surface area contributed by atoms with E-state index in [1.165, 1.54) is 0 Å². The summed E-state index contributed by atoms with van der Waals surface area (Å²) in [5.41, 5.74) is 6.16. The number of aromatic nitrogens is 5. The van der Waals surface area contributed by atoms with Crippen LogP contribution in [0.4, 0.5) is 0 Å². The van der Waals surface area contributed by atoms with Crippen molar-refractivity contribution >= 4 is 11.0 Å². The van der Waals surface area contributed by atoms with E-state index in [-0.39, 0.29) is 5.69 Å². The minimum absolute atomic E-state index is 0.104. The molecule has 6 heteroatoms. The Balaban J connectivity index is 1.67. The molecule has 0 radical (unpaired) electrons. The number of benzene rings is 1. The van der Waals surface area contributed by atoms with Crippen LogP contribution in [0.25, 0.3) is 39.2 Å². The van der Waals surface area contributed by atoms with Crippen molar-refractivity contribution in [2.75, 3.05) is 0 Å². The van der Waals surface area contributed by atoms with Crippen molar-refractivity contribution in [2.24, 2.45) is 7.05 Å². The molecule has 0 saturated carbocycles. The molecule has 0 aliphatic rings. The lowest BCUT2D eigenvalue weighted by Gasteiger charge is -2.09. The number of fused-ring (bicyclic) bond motifs is 1. The number of aromatic amines is 1. The summed E-state index contributed by atoms with van der Waals surface area (Å²) < 4.78 is 3.28. The number of nitrogens with zero attached hydrogens (tertiary/aromatic N) is 4. The Kier molecular flexibility index (Phi) is 3.91. The van der Waals surface area contributed by atoms with E-state index in [2.05, 4.69) is 21.0 Å². The molecule has 1 N–H and O–H groups in total. The van der Waals surface area contributed by atoms with Gasteiger partial charge in [-0.3, -0.25) is 9.55 Å². The lowest BCUT2D eigenvalue weighted by Crippen LogP contribution is -2.21. The molecule has 1 aromatic carbocycles. The number of nitrogens with one attached hydrogen (secondary N) is 1. The summed E-state index contributed by atoms with van der Waals surface area (Å²) in [6.07, 6.45) is 7.31. The molecule has 0 amide bonds. The van der Waals surface area contributed by atoms with Crippen LogP contribution in [0.15, 0.2) is 78.1 Å². The summed E-state index contributed by atoms with van der Waals surface area (Å²) in [5, 5.41) is 1.05. The third kappa shape index (κ3) is 2.95. The van der Waals surface area contributed by atoms with Gasteiger partial charge in [-0.15, -0.1) is 0 Å². The molecule has 5 rings (SSSR count). The molecule has 5 aromatic rings. The minimum Gasteiger partial charge on any atom is -0.346 e. The highest BCUT2D eigenvalue weighted by atomic mass is 16.1. The Bertz CT molecular complexity index is 1410. The highest BCUT2D eigenvalue weighted by Gasteiger charge is 2.15. The minimum atomic E-state index is -0.104. The number of pyridine rings is 2. The van der Waals surface area contributed by atoms with E-state index >= 15 is 0 Å². The summed E-state index contributed by atoms with van der Waals surface area (Å²) in [6, 6.07) is 15.9. The zero-order chi connectivity index (χ0) is 20.0. The predicted octanol–water partition coefficient (Wildman–Crippen LogP) is 4.09. The summed E-state index contributed by atoms with van der Waals surface area (Å²) in [5.74, 6) is 0. The zero-order valence-electron chi connectivity index (χ0n) is 16.1. The molecule has 0 atom stereocenters. The first-order valence-electron chi connectivity index (χ1n) is 9.35. The maximum absolute atomic E-state index is 12.8. The van der Waals surface area contributed by atoms with Gasteiger partial charge in [-0.2, -0.15) is 0 Å². The first kappa shape index (κ1) is 17.2. The smallest absolute Gasteiger partial charge is 0.333 e. The summed E-state index contributed by atoms with van der Waals surface area (Å²) in [7, 11) is 1.76. The van der Waals surface area contributed by atoms with Crippen molar-refractivity contribution in [1.29, 1.82) is 0 Å². The van der Waals surface area contributed by atoms with Gasteiger partial charge in [-0.05, 0) is 54.4 Å². The first-order valence-corrected chi connectivity index (χ1v) is 9.35. The van der Waals surface area contributed by atoms with Crippen LogP contribution in [0, 0.1) is 6.92 Å². The van der Waals surface area contributed by atoms with Crippen LogP contribution in [-0.4, -0.2) is 24.1 Å². The van der Waals surface area contributed by atoms with Gasteiger partial charge in [0.2, 0.25) is 0 Å². The molecule has 29 heavy (non-hydrogen) atoms. The third-order valence-electron chi connectivity index (χ3n) is 5.07. The Morgan fingerprint density at radius 3 is 2.76 bits per heavy atom. The predicted molar refractivity (Wildman–Crippen MR) is 114 cm³/mol. The Morgan fingerprint density at radius 1 is 1.00 bits per heavy atom. The molecule has 0 aliphatic heterocycles. The SMILES string of the molecule is Cc1cccc(-n2c(-c3cc(-c4cnc5[nH]ccc5c4)ccn3)cn(C)c2=O)c1. The number of hydrogen-bond acceptors (Lipinski definition) is 3. The van der Waals surface area contributed by atoms with Crippen LogP contribution in [0.2, 0.25) is 0 Å². The molecule has 0 unspecified atom stereocenters. The quantitative estimate of drug-likeness (QED) is 0.512. The van der Waals surface area contributed by atoms with E-state index < -0.39 is 0 Å². The first-order chi connectivity index (χ1) is 14.1. The Labute approximate surface area is 167 Å². The molecule has 4 heterocycles. The van der Waals surface area contributed by atoms with Crippen LogP contribution in [0.5, 0.6) is 0 Å². The van der Waals surface area contributed by atoms with Crippen molar-refractivity contribution in [3.8, 4) is 28.2 Å². The summed E-state index contributed by atoms with van der Waals surface area (Å²) >= 11 is 0. The van der Waals surface area contributed by atoms with Crippen LogP contribution in [-0.2, 0) is 7.05 Å². The van der Waals surface area contributed by atoms with Gasteiger partial charge < -0.3 is 9.55 Å². The highest BCUT2D eigenvalue weighted by Crippen LogP contribution is 2.27. The second kappa shape index (κ2) is 6.60. The topological polar surface area (TPSA) is 68.5 Å². The molecule has 0 fully saturated rings. The molecule has 142 valence electrons. The second-order valence-corrected chi connectivity index (χ2v) is 7.15. The summed E-state index contributed by atoms with van der Waals surface area (Å²) in [6.45, 7) is 2.01. The van der Waals surface area contributed by atoms with Crippen LogP contribution in [0.1, 0.15) is 5.56 Å². The molecule has 6 nitrogen and oxygen atoms in total. The molecular weight excluding hydrogens is 362 g/mol. The van der Waals surface area contributed by atoms with Crippen molar-refractivity contribution in [3.63, 3.8) is 0 Å². The van der Waals surface area contributed by atoms with Gasteiger partial charge in [0.15, 0.2) is 0 Å². The fourth-order valence-electron chi connectivity index (χ4n) is 3.60. The fraction of sp³-hybridized carbons (Fsp3) is 0.0870. The molecule has 0 bridgehead atoms. The third-order valence-corrected chi connectivity index (χ3v) is 5.07. The van der Waals surface area contributed by atoms with Gasteiger partial charge in [-0.25, -0.2) is 9.78 Å². The molecule has 0 saturated heterocycles. The van der Waals surface area contributed by atoms with E-state index in [1.54, 1.807) is 22.4 Å². The maximum atomic E-state index is 12.8. The fourth-order valence-corrected chi connectivity index (χ4v) is 3.60. The van der Waals surface area contributed by atoms with Crippen LogP contribution >= 0.6 is 0 Å². The number of hydrogen-bond donors (Lipinski definition) is 1. The van der Waals surface area contributed by atoms with Gasteiger partial charge in [0.25, 0.3) is 0 Å². The van der Waals surface area contributed by atoms with Gasteiger partial charge in [0, 0.05) is 42.8 Å². The highest BCUT2D eigenvalue weighted by molar-refractivity contribution is 5.82. The lowest BCUT2D eigenvalue weighted by atomic mass is 10.1. The van der Waals surface area contributed by atoms with Crippen LogP contribution in [0.3, 0.4) is 0 Å². The summed E-state index contributed by atoms with van der Waals surface area (Å²) in [4.78, 5) is 25.0. The van der Waals surface area contributed by atoms with Gasteiger partial charge in [0.1, 0.15) is 5.65 Å². The maximum Gasteiger partial charge on any atom is 0.333 e. The molecule has 0 spiro atoms. The van der Waals surface area contributed by atoms with Crippen molar-refractivity contribution in [3.05, 3.63) is 89.4 Å². The van der Waals surface area contributed by atoms with Gasteiger partial charge in [0.05, 0.1) is 17.1 Å². The van der Waals surface area contributed by atoms with Crippen molar-refractivity contribution in [2.45, 2.75) is 6.92 Å². The largest absolute Gasteiger partial charge is 0.346 e. The van der Waals surface area contributed by atoms with Crippen LogP contribution < -0.4 is 5.69 Å². The Morgan fingerprint density at radius 2 is 1.90 bits per heavy atom. The van der Waals surface area contributed by atoms with E-state index in [0.29, 0.717) is 0 Å². The number of imidazole rings is 1. The molecular formula is C23H19N5O. The number of rotatable bonds is 3. The monoisotopic (exact) mass is 381 g/mol.